The number of halogens is 1. The van der Waals surface area contributed by atoms with Crippen molar-refractivity contribution in [1.82, 2.24) is 14.8 Å². The Labute approximate surface area is 131 Å². The normalized spacial score (nSPS) is 12.8. The lowest BCUT2D eigenvalue weighted by atomic mass is 9.96. The molecule has 4 nitrogen and oxygen atoms in total. The molecular formula is C16H23ClN4. The van der Waals surface area contributed by atoms with Gasteiger partial charge in [0.2, 0.25) is 0 Å². The maximum absolute atomic E-state index is 6.23. The van der Waals surface area contributed by atoms with Crippen LogP contribution in [0.15, 0.2) is 30.6 Å². The van der Waals surface area contributed by atoms with Crippen LogP contribution in [0, 0.1) is 11.8 Å². The molecule has 2 rings (SSSR count). The van der Waals surface area contributed by atoms with Gasteiger partial charge >= 0.3 is 0 Å². The van der Waals surface area contributed by atoms with Gasteiger partial charge in [-0.2, -0.15) is 5.10 Å². The summed E-state index contributed by atoms with van der Waals surface area (Å²) in [6.07, 6.45) is 3.32. The molecule has 0 bridgehead atoms. The Morgan fingerprint density at radius 2 is 2.00 bits per heavy atom. The predicted molar refractivity (Wildman–Crippen MR) is 86.3 cm³/mol. The molecule has 1 atom stereocenters. The van der Waals surface area contributed by atoms with Crippen molar-refractivity contribution in [2.24, 2.45) is 17.6 Å². The van der Waals surface area contributed by atoms with E-state index in [4.69, 9.17) is 17.3 Å². The first kappa shape index (κ1) is 16.0. The molecule has 114 valence electrons. The van der Waals surface area contributed by atoms with Crippen LogP contribution in [0.25, 0.3) is 0 Å². The molecule has 0 saturated heterocycles. The molecule has 1 heterocycles. The zero-order valence-corrected chi connectivity index (χ0v) is 13.4. The highest BCUT2D eigenvalue weighted by molar-refractivity contribution is 6.31. The third kappa shape index (κ3) is 4.55. The SMILES string of the molecule is CC(C)Cn1ncnc1CC(CN)Cc1ccccc1Cl. The predicted octanol–water partition coefficient (Wildman–Crippen LogP) is 2.95. The Bertz CT molecular complexity index is 565. The lowest BCUT2D eigenvalue weighted by Crippen LogP contribution is -2.22. The lowest BCUT2D eigenvalue weighted by molar-refractivity contribution is 0.439. The largest absolute Gasteiger partial charge is 0.330 e. The third-order valence-corrected chi connectivity index (χ3v) is 3.87. The van der Waals surface area contributed by atoms with Crippen molar-refractivity contribution >= 4 is 11.6 Å². The lowest BCUT2D eigenvalue weighted by Gasteiger charge is -2.16. The summed E-state index contributed by atoms with van der Waals surface area (Å²) in [4.78, 5) is 4.38. The standard InChI is InChI=1S/C16H23ClN4/c1-12(2)10-21-16(19-11-20-21)8-13(9-18)7-14-5-3-4-6-15(14)17/h3-6,11-13H,7-10,18H2,1-2H3. The molecule has 1 aromatic carbocycles. The average molecular weight is 307 g/mol. The van der Waals surface area contributed by atoms with Crippen LogP contribution in [0.4, 0.5) is 0 Å². The maximum atomic E-state index is 6.23. The summed E-state index contributed by atoms with van der Waals surface area (Å²) in [7, 11) is 0. The topological polar surface area (TPSA) is 56.7 Å². The van der Waals surface area contributed by atoms with Gasteiger partial charge in [0, 0.05) is 18.0 Å². The van der Waals surface area contributed by atoms with Crippen LogP contribution >= 0.6 is 11.6 Å². The summed E-state index contributed by atoms with van der Waals surface area (Å²) < 4.78 is 1.99. The van der Waals surface area contributed by atoms with E-state index in [2.05, 4.69) is 30.0 Å². The zero-order chi connectivity index (χ0) is 15.2. The molecule has 0 amide bonds. The fourth-order valence-corrected chi connectivity index (χ4v) is 2.63. The van der Waals surface area contributed by atoms with Crippen molar-refractivity contribution in [2.45, 2.75) is 33.2 Å². The van der Waals surface area contributed by atoms with Crippen molar-refractivity contribution in [3.8, 4) is 0 Å². The monoisotopic (exact) mass is 306 g/mol. The minimum absolute atomic E-state index is 0.319. The van der Waals surface area contributed by atoms with Gasteiger partial charge in [0.15, 0.2) is 0 Å². The van der Waals surface area contributed by atoms with E-state index < -0.39 is 0 Å². The molecule has 0 spiro atoms. The second-order valence-electron chi connectivity index (χ2n) is 5.85. The number of hydrogen-bond donors (Lipinski definition) is 1. The minimum atomic E-state index is 0.319. The van der Waals surface area contributed by atoms with Crippen molar-refractivity contribution in [2.75, 3.05) is 6.54 Å². The van der Waals surface area contributed by atoms with Gasteiger partial charge in [-0.25, -0.2) is 9.67 Å². The number of benzene rings is 1. The van der Waals surface area contributed by atoms with Crippen molar-refractivity contribution in [3.63, 3.8) is 0 Å². The van der Waals surface area contributed by atoms with Gasteiger partial charge in [0.1, 0.15) is 12.2 Å². The molecule has 5 heteroatoms. The molecule has 0 aliphatic carbocycles. The van der Waals surface area contributed by atoms with Crippen molar-refractivity contribution in [1.29, 1.82) is 0 Å². The molecule has 2 aromatic rings. The van der Waals surface area contributed by atoms with Crippen molar-refractivity contribution < 1.29 is 0 Å². The highest BCUT2D eigenvalue weighted by Gasteiger charge is 2.15. The van der Waals surface area contributed by atoms with Crippen LogP contribution in [0.5, 0.6) is 0 Å². The summed E-state index contributed by atoms with van der Waals surface area (Å²) in [5, 5.41) is 5.11. The van der Waals surface area contributed by atoms with Crippen LogP contribution in [-0.2, 0) is 19.4 Å². The van der Waals surface area contributed by atoms with Crippen LogP contribution in [0.3, 0.4) is 0 Å². The summed E-state index contributed by atoms with van der Waals surface area (Å²) in [5.74, 6) is 1.87. The summed E-state index contributed by atoms with van der Waals surface area (Å²) in [5.41, 5.74) is 7.08. The van der Waals surface area contributed by atoms with E-state index in [-0.39, 0.29) is 0 Å². The molecule has 0 fully saturated rings. The average Bonchev–Trinajstić information content (AvgIpc) is 2.86. The van der Waals surface area contributed by atoms with Crippen LogP contribution in [0.1, 0.15) is 25.2 Å². The third-order valence-electron chi connectivity index (χ3n) is 3.50. The van der Waals surface area contributed by atoms with Crippen molar-refractivity contribution in [3.05, 3.63) is 47.0 Å². The molecule has 21 heavy (non-hydrogen) atoms. The fraction of sp³-hybridized carbons (Fsp3) is 0.500. The molecule has 0 radical (unpaired) electrons. The summed E-state index contributed by atoms with van der Waals surface area (Å²) >= 11 is 6.23. The minimum Gasteiger partial charge on any atom is -0.330 e. The van der Waals surface area contributed by atoms with E-state index in [1.807, 2.05) is 22.9 Å². The Balaban J connectivity index is 2.06. The van der Waals surface area contributed by atoms with Gasteiger partial charge in [0.05, 0.1) is 0 Å². The molecule has 1 unspecified atom stereocenters. The van der Waals surface area contributed by atoms with Crippen LogP contribution in [0.2, 0.25) is 5.02 Å². The summed E-state index contributed by atoms with van der Waals surface area (Å²) in [6.45, 7) is 5.85. The zero-order valence-electron chi connectivity index (χ0n) is 12.7. The van der Waals surface area contributed by atoms with Gasteiger partial charge in [-0.15, -0.1) is 0 Å². The number of nitrogens with two attached hydrogens (primary N) is 1. The highest BCUT2D eigenvalue weighted by Crippen LogP contribution is 2.20. The van der Waals surface area contributed by atoms with Gasteiger partial charge in [-0.05, 0) is 36.4 Å². The Morgan fingerprint density at radius 3 is 2.67 bits per heavy atom. The van der Waals surface area contributed by atoms with E-state index in [0.717, 1.165) is 35.8 Å². The Morgan fingerprint density at radius 1 is 1.24 bits per heavy atom. The first-order valence-electron chi connectivity index (χ1n) is 7.40. The second kappa shape index (κ2) is 7.57. The quantitative estimate of drug-likeness (QED) is 0.855. The van der Waals surface area contributed by atoms with E-state index in [0.29, 0.717) is 18.4 Å². The van der Waals surface area contributed by atoms with Gasteiger partial charge in [-0.3, -0.25) is 0 Å². The highest BCUT2D eigenvalue weighted by atomic mass is 35.5. The number of nitrogens with zero attached hydrogens (tertiary/aromatic N) is 3. The fourth-order valence-electron chi connectivity index (χ4n) is 2.42. The molecule has 0 aliphatic rings. The molecule has 1 aromatic heterocycles. The first-order valence-corrected chi connectivity index (χ1v) is 7.78. The van der Waals surface area contributed by atoms with Gasteiger partial charge < -0.3 is 5.73 Å². The van der Waals surface area contributed by atoms with E-state index in [1.54, 1.807) is 6.33 Å². The Kier molecular flexibility index (Phi) is 5.76. The second-order valence-corrected chi connectivity index (χ2v) is 6.26. The van der Waals surface area contributed by atoms with E-state index in [9.17, 15) is 0 Å². The molecule has 2 N–H and O–H groups in total. The smallest absolute Gasteiger partial charge is 0.138 e. The van der Waals surface area contributed by atoms with Gasteiger partial charge in [-0.1, -0.05) is 43.6 Å². The van der Waals surface area contributed by atoms with Crippen LogP contribution < -0.4 is 5.73 Å². The first-order chi connectivity index (χ1) is 10.1. The summed E-state index contributed by atoms with van der Waals surface area (Å²) in [6, 6.07) is 7.94. The number of rotatable bonds is 7. The molecule has 0 aliphatic heterocycles. The van der Waals surface area contributed by atoms with Gasteiger partial charge in [0.25, 0.3) is 0 Å². The van der Waals surface area contributed by atoms with E-state index in [1.165, 1.54) is 0 Å². The maximum Gasteiger partial charge on any atom is 0.138 e. The van der Waals surface area contributed by atoms with Crippen LogP contribution in [-0.4, -0.2) is 21.3 Å². The molecular weight excluding hydrogens is 284 g/mol. The Hall–Kier alpha value is -1.39. The number of aromatic nitrogens is 3. The van der Waals surface area contributed by atoms with E-state index >= 15 is 0 Å². The number of hydrogen-bond acceptors (Lipinski definition) is 3. The molecule has 0 saturated carbocycles.